The number of carbonyl (C=O) groups excluding carboxylic acids is 1. The zero-order valence-corrected chi connectivity index (χ0v) is 12.4. The number of carbonyl (C=O) groups is 1. The van der Waals surface area contributed by atoms with Crippen molar-refractivity contribution in [2.75, 3.05) is 0 Å². The molecule has 0 aromatic heterocycles. The van der Waals surface area contributed by atoms with Gasteiger partial charge in [-0.2, -0.15) is 0 Å². The molecule has 2 aromatic rings. The number of benzene rings is 2. The molecule has 0 fully saturated rings. The number of thioether (sulfide) groups is 1. The quantitative estimate of drug-likeness (QED) is 0.748. The average molecular weight is 323 g/mol. The van der Waals surface area contributed by atoms with Crippen molar-refractivity contribution in [2.24, 2.45) is 0 Å². The van der Waals surface area contributed by atoms with Crippen molar-refractivity contribution in [1.29, 1.82) is 0 Å². The SMILES string of the molecule is O=C1/C(=C\c2cc(Cl)c(O)c(Cl)c2)Sc2ccccc21. The standard InChI is InChI=1S/C15H8Cl2O2S/c16-10-5-8(6-11(17)15(10)19)7-13-14(18)9-3-1-2-4-12(9)20-13/h1-7,19H/b13-7+. The molecule has 20 heavy (non-hydrogen) atoms. The predicted molar refractivity (Wildman–Crippen MR) is 82.7 cm³/mol. The molecule has 0 spiro atoms. The highest BCUT2D eigenvalue weighted by atomic mass is 35.5. The lowest BCUT2D eigenvalue weighted by Gasteiger charge is -2.02. The number of halogens is 2. The van der Waals surface area contributed by atoms with Gasteiger partial charge in [0.25, 0.3) is 0 Å². The lowest BCUT2D eigenvalue weighted by atomic mass is 10.1. The summed E-state index contributed by atoms with van der Waals surface area (Å²) in [7, 11) is 0. The van der Waals surface area contributed by atoms with Crippen molar-refractivity contribution >= 4 is 46.8 Å². The molecule has 0 bridgehead atoms. The molecule has 0 amide bonds. The molecule has 2 nitrogen and oxygen atoms in total. The molecule has 1 heterocycles. The van der Waals surface area contributed by atoms with Gasteiger partial charge in [0.05, 0.1) is 15.0 Å². The third-order valence-corrected chi connectivity index (χ3v) is 4.59. The van der Waals surface area contributed by atoms with E-state index in [1.54, 1.807) is 18.2 Å². The zero-order valence-electron chi connectivity index (χ0n) is 10.1. The van der Waals surface area contributed by atoms with E-state index in [1.165, 1.54) is 11.8 Å². The molecule has 0 unspecified atom stereocenters. The van der Waals surface area contributed by atoms with E-state index in [0.717, 1.165) is 4.90 Å². The summed E-state index contributed by atoms with van der Waals surface area (Å²) in [5.74, 6) is -0.157. The second kappa shape index (κ2) is 5.17. The van der Waals surface area contributed by atoms with E-state index in [-0.39, 0.29) is 21.6 Å². The number of phenolic OH excluding ortho intramolecular Hbond substituents is 1. The van der Waals surface area contributed by atoms with E-state index in [4.69, 9.17) is 23.2 Å². The topological polar surface area (TPSA) is 37.3 Å². The predicted octanol–water partition coefficient (Wildman–Crippen LogP) is 5.03. The van der Waals surface area contributed by atoms with Gasteiger partial charge in [-0.1, -0.05) is 47.1 Å². The van der Waals surface area contributed by atoms with Gasteiger partial charge in [0, 0.05) is 10.5 Å². The van der Waals surface area contributed by atoms with Crippen LogP contribution >= 0.6 is 35.0 Å². The van der Waals surface area contributed by atoms with Crippen LogP contribution in [0.25, 0.3) is 6.08 Å². The number of rotatable bonds is 1. The highest BCUT2D eigenvalue weighted by molar-refractivity contribution is 8.04. The van der Waals surface area contributed by atoms with Crippen LogP contribution in [-0.4, -0.2) is 10.9 Å². The molecule has 1 aliphatic rings. The van der Waals surface area contributed by atoms with Gasteiger partial charge in [-0.25, -0.2) is 0 Å². The molecule has 0 saturated heterocycles. The van der Waals surface area contributed by atoms with Crippen LogP contribution in [0.1, 0.15) is 15.9 Å². The van der Waals surface area contributed by atoms with Crippen LogP contribution in [0.2, 0.25) is 10.0 Å². The first-order valence-electron chi connectivity index (χ1n) is 5.77. The van der Waals surface area contributed by atoms with Crippen LogP contribution in [0.15, 0.2) is 46.2 Å². The van der Waals surface area contributed by atoms with Crippen LogP contribution in [0.3, 0.4) is 0 Å². The van der Waals surface area contributed by atoms with Crippen LogP contribution < -0.4 is 0 Å². The average Bonchev–Trinajstić information content (AvgIpc) is 2.73. The fourth-order valence-corrected chi connectivity index (χ4v) is 3.51. The van der Waals surface area contributed by atoms with Gasteiger partial charge in [0.1, 0.15) is 0 Å². The summed E-state index contributed by atoms with van der Waals surface area (Å²) in [6, 6.07) is 10.6. The van der Waals surface area contributed by atoms with E-state index >= 15 is 0 Å². The molecular weight excluding hydrogens is 315 g/mol. The van der Waals surface area contributed by atoms with Crippen LogP contribution in [0.5, 0.6) is 5.75 Å². The van der Waals surface area contributed by atoms with Crippen LogP contribution in [0, 0.1) is 0 Å². The molecule has 0 atom stereocenters. The first-order chi connectivity index (χ1) is 9.56. The van der Waals surface area contributed by atoms with Gasteiger partial charge >= 0.3 is 0 Å². The zero-order chi connectivity index (χ0) is 14.3. The second-order valence-electron chi connectivity index (χ2n) is 4.27. The van der Waals surface area contributed by atoms with Crippen LogP contribution in [-0.2, 0) is 0 Å². The molecular formula is C15H8Cl2O2S. The van der Waals surface area contributed by atoms with Gasteiger partial charge in [-0.05, 0) is 35.9 Å². The van der Waals surface area contributed by atoms with Crippen LogP contribution in [0.4, 0.5) is 0 Å². The Balaban J connectivity index is 2.02. The summed E-state index contributed by atoms with van der Waals surface area (Å²) in [6.45, 7) is 0. The maximum Gasteiger partial charge on any atom is 0.200 e. The van der Waals surface area contributed by atoms with Crippen molar-refractivity contribution < 1.29 is 9.90 Å². The Hall–Kier alpha value is -1.42. The fraction of sp³-hybridized carbons (Fsp3) is 0. The number of fused-ring (bicyclic) bond motifs is 1. The van der Waals surface area contributed by atoms with E-state index < -0.39 is 0 Å². The molecule has 2 aromatic carbocycles. The molecule has 0 saturated carbocycles. The van der Waals surface area contributed by atoms with E-state index in [1.807, 2.05) is 24.3 Å². The third-order valence-electron chi connectivity index (χ3n) is 2.91. The number of hydrogen-bond acceptors (Lipinski definition) is 3. The number of phenols is 1. The molecule has 5 heteroatoms. The van der Waals surface area contributed by atoms with Crippen molar-refractivity contribution in [1.82, 2.24) is 0 Å². The minimum atomic E-state index is -0.149. The summed E-state index contributed by atoms with van der Waals surface area (Å²) in [5.41, 5.74) is 1.39. The van der Waals surface area contributed by atoms with Crippen molar-refractivity contribution in [3.63, 3.8) is 0 Å². The highest BCUT2D eigenvalue weighted by Crippen LogP contribution is 2.41. The summed E-state index contributed by atoms with van der Waals surface area (Å²) < 4.78 is 0. The molecule has 1 N–H and O–H groups in total. The van der Waals surface area contributed by atoms with E-state index in [0.29, 0.717) is 16.0 Å². The summed E-state index contributed by atoms with van der Waals surface area (Å²) in [4.78, 5) is 13.8. The monoisotopic (exact) mass is 322 g/mol. The maximum atomic E-state index is 12.2. The first kappa shape index (κ1) is 13.6. The Labute approximate surface area is 130 Å². The lowest BCUT2D eigenvalue weighted by molar-refractivity contribution is 0.104. The summed E-state index contributed by atoms with van der Waals surface area (Å²) >= 11 is 13.2. The number of ketones is 1. The Morgan fingerprint density at radius 1 is 1.10 bits per heavy atom. The number of hydrogen-bond donors (Lipinski definition) is 1. The smallest absolute Gasteiger partial charge is 0.200 e. The molecule has 100 valence electrons. The second-order valence-corrected chi connectivity index (χ2v) is 6.17. The van der Waals surface area contributed by atoms with Gasteiger partial charge < -0.3 is 5.11 Å². The third kappa shape index (κ3) is 2.33. The van der Waals surface area contributed by atoms with E-state index in [2.05, 4.69) is 0 Å². The molecule has 0 aliphatic carbocycles. The van der Waals surface area contributed by atoms with Crippen molar-refractivity contribution in [3.05, 3.63) is 62.5 Å². The summed E-state index contributed by atoms with van der Waals surface area (Å²) in [5, 5.41) is 9.86. The number of allylic oxidation sites excluding steroid dienone is 1. The number of aromatic hydroxyl groups is 1. The minimum absolute atomic E-state index is 0.00841. The van der Waals surface area contributed by atoms with Gasteiger partial charge in [0.2, 0.25) is 5.78 Å². The van der Waals surface area contributed by atoms with Crippen molar-refractivity contribution in [3.8, 4) is 5.75 Å². The Morgan fingerprint density at radius 3 is 2.40 bits per heavy atom. The van der Waals surface area contributed by atoms with E-state index in [9.17, 15) is 9.90 Å². The Bertz CT molecular complexity index is 730. The Kier molecular flexibility index (Phi) is 3.50. The minimum Gasteiger partial charge on any atom is -0.505 e. The molecule has 0 radical (unpaired) electrons. The largest absolute Gasteiger partial charge is 0.505 e. The number of Topliss-reactive ketones (excluding diaryl/α,β-unsaturated/α-hetero) is 1. The first-order valence-corrected chi connectivity index (χ1v) is 7.35. The molecule has 1 aliphatic heterocycles. The fourth-order valence-electron chi connectivity index (χ4n) is 1.96. The summed E-state index contributed by atoms with van der Waals surface area (Å²) in [6.07, 6.45) is 1.73. The normalized spacial score (nSPS) is 15.7. The van der Waals surface area contributed by atoms with Gasteiger partial charge in [-0.3, -0.25) is 4.79 Å². The molecule has 3 rings (SSSR count). The maximum absolute atomic E-state index is 12.2. The van der Waals surface area contributed by atoms with Gasteiger partial charge in [-0.15, -0.1) is 0 Å². The Morgan fingerprint density at radius 2 is 1.75 bits per heavy atom. The highest BCUT2D eigenvalue weighted by Gasteiger charge is 2.25. The van der Waals surface area contributed by atoms with Crippen molar-refractivity contribution in [2.45, 2.75) is 4.90 Å². The van der Waals surface area contributed by atoms with Gasteiger partial charge in [0.15, 0.2) is 5.75 Å². The lowest BCUT2D eigenvalue weighted by Crippen LogP contribution is -1.93.